The molecule has 0 saturated carbocycles. The van der Waals surface area contributed by atoms with E-state index in [1.54, 1.807) is 0 Å². The summed E-state index contributed by atoms with van der Waals surface area (Å²) in [5.41, 5.74) is 4.82. The number of hydrazone groups is 1. The lowest BCUT2D eigenvalue weighted by atomic mass is 10.2. The molecule has 0 unspecified atom stereocenters. The Morgan fingerprint density at radius 1 is 1.32 bits per heavy atom. The van der Waals surface area contributed by atoms with Gasteiger partial charge in [-0.05, 0) is 38.0 Å². The van der Waals surface area contributed by atoms with Crippen molar-refractivity contribution in [3.63, 3.8) is 0 Å². The number of rotatable bonds is 3. The van der Waals surface area contributed by atoms with E-state index in [1.807, 2.05) is 13.0 Å². The number of hydrogen-bond acceptors (Lipinski definition) is 4. The van der Waals surface area contributed by atoms with Crippen LogP contribution in [0.3, 0.4) is 0 Å². The molecular formula is C13H13N3O3. The maximum Gasteiger partial charge on any atom is 0.271 e. The van der Waals surface area contributed by atoms with Crippen molar-refractivity contribution in [3.05, 3.63) is 51.6 Å². The molecule has 0 spiro atoms. The lowest BCUT2D eigenvalue weighted by Crippen LogP contribution is -2.18. The molecule has 0 aromatic heterocycles. The lowest BCUT2D eigenvalue weighted by Gasteiger charge is -2.00. The fourth-order valence-electron chi connectivity index (χ4n) is 1.76. The fraction of sp³-hybridized carbons (Fsp3) is 0.231. The standard InChI is InChI=1S/C13H13N3O3/c1-9-2-5-11(8-9)14-15-13(17)10-3-6-12(7-4-10)16(18)19/h3-4,6-8H,2,5H2,1H3,(H,15,17)/b14-11+. The third kappa shape index (κ3) is 3.25. The molecule has 0 radical (unpaired) electrons. The average molecular weight is 259 g/mol. The number of hydrogen-bond donors (Lipinski definition) is 1. The summed E-state index contributed by atoms with van der Waals surface area (Å²) in [6.45, 7) is 2.01. The zero-order valence-electron chi connectivity index (χ0n) is 10.4. The Labute approximate surface area is 110 Å². The highest BCUT2D eigenvalue weighted by atomic mass is 16.6. The molecule has 2 rings (SSSR count). The van der Waals surface area contributed by atoms with E-state index in [-0.39, 0.29) is 11.6 Å². The molecule has 0 aliphatic heterocycles. The monoisotopic (exact) mass is 259 g/mol. The van der Waals surface area contributed by atoms with Crippen LogP contribution in [0.15, 0.2) is 41.0 Å². The van der Waals surface area contributed by atoms with Gasteiger partial charge in [0, 0.05) is 17.7 Å². The first-order valence-electron chi connectivity index (χ1n) is 5.85. The largest absolute Gasteiger partial charge is 0.271 e. The lowest BCUT2D eigenvalue weighted by molar-refractivity contribution is -0.384. The van der Waals surface area contributed by atoms with Gasteiger partial charge in [-0.25, -0.2) is 5.43 Å². The SMILES string of the molecule is CC1=C/C(=N/NC(=O)c2ccc([N+](=O)[O-])cc2)CC1. The molecule has 6 nitrogen and oxygen atoms in total. The molecule has 1 aliphatic rings. The van der Waals surface area contributed by atoms with Crippen molar-refractivity contribution in [2.24, 2.45) is 5.10 Å². The van der Waals surface area contributed by atoms with Gasteiger partial charge in [-0.15, -0.1) is 0 Å². The predicted octanol–water partition coefficient (Wildman–Crippen LogP) is 2.42. The topological polar surface area (TPSA) is 84.6 Å². The number of nitro benzene ring substituents is 1. The number of carbonyl (C=O) groups is 1. The zero-order chi connectivity index (χ0) is 13.8. The maximum absolute atomic E-state index is 11.8. The highest BCUT2D eigenvalue weighted by molar-refractivity contribution is 6.00. The first kappa shape index (κ1) is 12.9. The molecule has 0 atom stereocenters. The van der Waals surface area contributed by atoms with E-state index in [9.17, 15) is 14.9 Å². The number of allylic oxidation sites excluding steroid dienone is 2. The van der Waals surface area contributed by atoms with Crippen LogP contribution in [-0.4, -0.2) is 16.5 Å². The third-order valence-electron chi connectivity index (χ3n) is 2.83. The van der Waals surface area contributed by atoms with Crippen LogP contribution in [0.4, 0.5) is 5.69 Å². The van der Waals surface area contributed by atoms with Gasteiger partial charge < -0.3 is 0 Å². The van der Waals surface area contributed by atoms with Crippen molar-refractivity contribution in [1.29, 1.82) is 0 Å². The number of benzene rings is 1. The summed E-state index contributed by atoms with van der Waals surface area (Å²) >= 11 is 0. The smallest absolute Gasteiger partial charge is 0.267 e. The number of carbonyl (C=O) groups excluding carboxylic acids is 1. The summed E-state index contributed by atoms with van der Waals surface area (Å²) < 4.78 is 0. The van der Waals surface area contributed by atoms with E-state index in [0.717, 1.165) is 18.6 Å². The first-order valence-corrected chi connectivity index (χ1v) is 5.85. The van der Waals surface area contributed by atoms with Gasteiger partial charge in [-0.3, -0.25) is 14.9 Å². The first-order chi connectivity index (χ1) is 9.06. The van der Waals surface area contributed by atoms with Crippen molar-refractivity contribution >= 4 is 17.3 Å². The maximum atomic E-state index is 11.8. The number of nitrogens with one attached hydrogen (secondary N) is 1. The Bertz CT molecular complexity index is 573. The molecule has 0 fully saturated rings. The number of nitro groups is 1. The predicted molar refractivity (Wildman–Crippen MR) is 71.0 cm³/mol. The highest BCUT2D eigenvalue weighted by Gasteiger charge is 2.10. The van der Waals surface area contributed by atoms with E-state index < -0.39 is 4.92 Å². The van der Waals surface area contributed by atoms with E-state index in [4.69, 9.17) is 0 Å². The molecule has 1 aromatic carbocycles. The van der Waals surface area contributed by atoms with Gasteiger partial charge in [0.2, 0.25) is 0 Å². The highest BCUT2D eigenvalue weighted by Crippen LogP contribution is 2.15. The van der Waals surface area contributed by atoms with Crippen LogP contribution in [0.5, 0.6) is 0 Å². The van der Waals surface area contributed by atoms with Gasteiger partial charge in [0.15, 0.2) is 0 Å². The molecule has 98 valence electrons. The van der Waals surface area contributed by atoms with Crippen LogP contribution in [0.25, 0.3) is 0 Å². The molecule has 6 heteroatoms. The van der Waals surface area contributed by atoms with E-state index in [2.05, 4.69) is 10.5 Å². The summed E-state index contributed by atoms with van der Waals surface area (Å²) in [5.74, 6) is -0.375. The molecular weight excluding hydrogens is 246 g/mol. The summed E-state index contributed by atoms with van der Waals surface area (Å²) in [6, 6.07) is 5.40. The summed E-state index contributed by atoms with van der Waals surface area (Å²) in [4.78, 5) is 21.7. The minimum absolute atomic E-state index is 0.0442. The van der Waals surface area contributed by atoms with E-state index in [0.29, 0.717) is 5.56 Å². The van der Waals surface area contributed by atoms with Crippen LogP contribution >= 0.6 is 0 Å². The van der Waals surface area contributed by atoms with Crippen LogP contribution in [0.1, 0.15) is 30.1 Å². The minimum Gasteiger partial charge on any atom is -0.267 e. The van der Waals surface area contributed by atoms with Gasteiger partial charge in [0.1, 0.15) is 0 Å². The zero-order valence-corrected chi connectivity index (χ0v) is 10.4. The molecule has 0 saturated heterocycles. The van der Waals surface area contributed by atoms with Crippen LogP contribution in [0, 0.1) is 10.1 Å². The molecule has 0 heterocycles. The van der Waals surface area contributed by atoms with Crippen molar-refractivity contribution < 1.29 is 9.72 Å². The van der Waals surface area contributed by atoms with Crippen molar-refractivity contribution in [1.82, 2.24) is 5.43 Å². The molecule has 0 bridgehead atoms. The number of amides is 1. The average Bonchev–Trinajstić information content (AvgIpc) is 2.82. The van der Waals surface area contributed by atoms with Gasteiger partial charge in [-0.1, -0.05) is 5.57 Å². The van der Waals surface area contributed by atoms with E-state index >= 15 is 0 Å². The second-order valence-corrected chi connectivity index (χ2v) is 4.34. The van der Waals surface area contributed by atoms with Crippen molar-refractivity contribution in [3.8, 4) is 0 Å². The normalized spacial score (nSPS) is 16.3. The van der Waals surface area contributed by atoms with Crippen LogP contribution in [-0.2, 0) is 0 Å². The molecule has 1 amide bonds. The number of non-ortho nitro benzene ring substituents is 1. The Hall–Kier alpha value is -2.50. The van der Waals surface area contributed by atoms with Gasteiger partial charge >= 0.3 is 0 Å². The Morgan fingerprint density at radius 2 is 2.00 bits per heavy atom. The second-order valence-electron chi connectivity index (χ2n) is 4.34. The van der Waals surface area contributed by atoms with Gasteiger partial charge in [0.25, 0.3) is 11.6 Å². The summed E-state index contributed by atoms with van der Waals surface area (Å²) in [5, 5.41) is 14.5. The Morgan fingerprint density at radius 3 is 2.53 bits per heavy atom. The minimum atomic E-state index is -0.506. The van der Waals surface area contributed by atoms with Gasteiger partial charge in [0.05, 0.1) is 10.6 Å². The second kappa shape index (κ2) is 5.43. The van der Waals surface area contributed by atoms with Crippen molar-refractivity contribution in [2.75, 3.05) is 0 Å². The Kier molecular flexibility index (Phi) is 3.70. The summed E-state index contributed by atoms with van der Waals surface area (Å²) in [6.07, 6.45) is 3.73. The molecule has 1 aromatic rings. The quantitative estimate of drug-likeness (QED) is 0.668. The Balaban J connectivity index is 2.02. The third-order valence-corrected chi connectivity index (χ3v) is 2.83. The van der Waals surface area contributed by atoms with Crippen molar-refractivity contribution in [2.45, 2.75) is 19.8 Å². The molecule has 1 N–H and O–H groups in total. The van der Waals surface area contributed by atoms with Gasteiger partial charge in [-0.2, -0.15) is 5.10 Å². The fourth-order valence-corrected chi connectivity index (χ4v) is 1.76. The molecule has 19 heavy (non-hydrogen) atoms. The van der Waals surface area contributed by atoms with Crippen LogP contribution < -0.4 is 5.43 Å². The van der Waals surface area contributed by atoms with Crippen LogP contribution in [0.2, 0.25) is 0 Å². The van der Waals surface area contributed by atoms with E-state index in [1.165, 1.54) is 29.8 Å². The summed E-state index contributed by atoms with van der Waals surface area (Å²) in [7, 11) is 0. The number of nitrogens with zero attached hydrogens (tertiary/aromatic N) is 2. The molecule has 1 aliphatic carbocycles.